The number of nitrogens with one attached hydrogen (secondary N) is 1. The molecule has 3 rings (SSSR count). The normalized spacial score (nSPS) is 11.5. The average Bonchev–Trinajstić information content (AvgIpc) is 2.88. The summed E-state index contributed by atoms with van der Waals surface area (Å²) in [6, 6.07) is 8.49. The largest absolute Gasteiger partial charge is 0.346 e. The average molecular weight is 294 g/mol. The number of aryl methyl sites for hydroxylation is 2. The molecule has 0 atom stereocenters. The second kappa shape index (κ2) is 6.28. The minimum absolute atomic E-state index is 0.851. The smallest absolute Gasteiger partial charge is 0.106 e. The van der Waals surface area contributed by atoms with Crippen LogP contribution >= 0.6 is 0 Å². The van der Waals surface area contributed by atoms with E-state index in [1.165, 1.54) is 22.0 Å². The minimum atomic E-state index is 0.851. The van der Waals surface area contributed by atoms with Gasteiger partial charge in [-0.3, -0.25) is 9.88 Å². The molecule has 0 saturated carbocycles. The van der Waals surface area contributed by atoms with Crippen LogP contribution < -0.4 is 0 Å². The van der Waals surface area contributed by atoms with E-state index in [1.54, 1.807) is 0 Å². The van der Waals surface area contributed by atoms with Gasteiger partial charge in [0.15, 0.2) is 0 Å². The van der Waals surface area contributed by atoms with Gasteiger partial charge in [-0.2, -0.15) is 0 Å². The molecule has 0 fully saturated rings. The van der Waals surface area contributed by atoms with Crippen LogP contribution in [0.4, 0.5) is 0 Å². The van der Waals surface area contributed by atoms with Crippen LogP contribution in [0.25, 0.3) is 10.8 Å². The third-order valence-electron chi connectivity index (χ3n) is 4.00. The third-order valence-corrected chi connectivity index (χ3v) is 4.00. The summed E-state index contributed by atoms with van der Waals surface area (Å²) in [5, 5.41) is 2.47. The molecule has 1 N–H and O–H groups in total. The Morgan fingerprint density at radius 3 is 2.82 bits per heavy atom. The van der Waals surface area contributed by atoms with E-state index in [9.17, 15) is 0 Å². The molecule has 4 nitrogen and oxygen atoms in total. The number of pyridine rings is 1. The summed E-state index contributed by atoms with van der Waals surface area (Å²) in [5.74, 6) is 1.07. The van der Waals surface area contributed by atoms with E-state index >= 15 is 0 Å². The van der Waals surface area contributed by atoms with Crippen LogP contribution in [0, 0.1) is 6.92 Å². The lowest BCUT2D eigenvalue weighted by Crippen LogP contribution is -2.18. The Morgan fingerprint density at radius 2 is 2.05 bits per heavy atom. The maximum Gasteiger partial charge on any atom is 0.106 e. The summed E-state index contributed by atoms with van der Waals surface area (Å²) in [4.78, 5) is 14.5. The van der Waals surface area contributed by atoms with Crippen LogP contribution in [0.3, 0.4) is 0 Å². The third kappa shape index (κ3) is 3.02. The van der Waals surface area contributed by atoms with Crippen molar-refractivity contribution in [1.29, 1.82) is 0 Å². The van der Waals surface area contributed by atoms with Gasteiger partial charge in [-0.1, -0.05) is 25.1 Å². The van der Waals surface area contributed by atoms with E-state index in [4.69, 9.17) is 0 Å². The molecule has 0 bridgehead atoms. The minimum Gasteiger partial charge on any atom is -0.346 e. The van der Waals surface area contributed by atoms with Gasteiger partial charge in [-0.05, 0) is 31.0 Å². The molecule has 1 aromatic carbocycles. The zero-order valence-electron chi connectivity index (χ0n) is 13.4. The van der Waals surface area contributed by atoms with Gasteiger partial charge in [0.1, 0.15) is 5.82 Å². The van der Waals surface area contributed by atoms with Gasteiger partial charge >= 0.3 is 0 Å². The fourth-order valence-corrected chi connectivity index (χ4v) is 2.81. The van der Waals surface area contributed by atoms with E-state index in [2.05, 4.69) is 65.0 Å². The maximum atomic E-state index is 4.66. The number of hydrogen-bond donors (Lipinski definition) is 1. The quantitative estimate of drug-likeness (QED) is 0.784. The monoisotopic (exact) mass is 294 g/mol. The number of aromatic amines is 1. The zero-order valence-corrected chi connectivity index (χ0v) is 13.4. The van der Waals surface area contributed by atoms with Crippen molar-refractivity contribution in [2.75, 3.05) is 7.05 Å². The predicted octanol–water partition coefficient (Wildman–Crippen LogP) is 3.46. The standard InChI is InChI=1S/C18H22N4/c1-4-18-20-13(2)17(21-18)12-22(3)11-15-7-5-6-14-10-19-9-8-16(14)15/h5-10H,4,11-12H2,1-3H3,(H,20,21). The van der Waals surface area contributed by atoms with Crippen LogP contribution in [0.5, 0.6) is 0 Å². The second-order valence-electron chi connectivity index (χ2n) is 5.79. The Balaban J connectivity index is 1.78. The topological polar surface area (TPSA) is 44.8 Å². The predicted molar refractivity (Wildman–Crippen MR) is 89.6 cm³/mol. The summed E-state index contributed by atoms with van der Waals surface area (Å²) in [5.41, 5.74) is 3.64. The van der Waals surface area contributed by atoms with E-state index < -0.39 is 0 Å². The number of rotatable bonds is 5. The lowest BCUT2D eigenvalue weighted by molar-refractivity contribution is 0.316. The fourth-order valence-electron chi connectivity index (χ4n) is 2.81. The van der Waals surface area contributed by atoms with E-state index in [1.807, 2.05) is 12.4 Å². The first-order valence-corrected chi connectivity index (χ1v) is 7.72. The Labute approximate surface area is 131 Å². The molecule has 3 aromatic rings. The highest BCUT2D eigenvalue weighted by molar-refractivity contribution is 5.84. The van der Waals surface area contributed by atoms with Crippen molar-refractivity contribution >= 4 is 10.8 Å². The van der Waals surface area contributed by atoms with Gasteiger partial charge in [0, 0.05) is 43.0 Å². The van der Waals surface area contributed by atoms with Gasteiger partial charge in [0.2, 0.25) is 0 Å². The van der Waals surface area contributed by atoms with Crippen molar-refractivity contribution in [1.82, 2.24) is 19.9 Å². The van der Waals surface area contributed by atoms with Crippen LogP contribution in [-0.2, 0) is 19.5 Å². The molecule has 0 unspecified atom stereocenters. The van der Waals surface area contributed by atoms with Crippen molar-refractivity contribution in [3.8, 4) is 0 Å². The Kier molecular flexibility index (Phi) is 4.20. The highest BCUT2D eigenvalue weighted by atomic mass is 15.1. The lowest BCUT2D eigenvalue weighted by Gasteiger charge is -2.17. The van der Waals surface area contributed by atoms with Crippen LogP contribution in [0.2, 0.25) is 0 Å². The highest BCUT2D eigenvalue weighted by Gasteiger charge is 2.10. The summed E-state index contributed by atoms with van der Waals surface area (Å²) in [7, 11) is 2.14. The van der Waals surface area contributed by atoms with Crippen LogP contribution in [0.1, 0.15) is 29.7 Å². The molecule has 4 heteroatoms. The Morgan fingerprint density at radius 1 is 1.18 bits per heavy atom. The van der Waals surface area contributed by atoms with Gasteiger partial charge < -0.3 is 4.98 Å². The van der Waals surface area contributed by atoms with Crippen molar-refractivity contribution in [2.45, 2.75) is 33.4 Å². The van der Waals surface area contributed by atoms with Crippen molar-refractivity contribution < 1.29 is 0 Å². The van der Waals surface area contributed by atoms with E-state index in [0.29, 0.717) is 0 Å². The first kappa shape index (κ1) is 14.7. The summed E-state index contributed by atoms with van der Waals surface area (Å²) in [6.45, 7) is 5.97. The van der Waals surface area contributed by atoms with Crippen LogP contribution in [0.15, 0.2) is 36.7 Å². The summed E-state index contributed by atoms with van der Waals surface area (Å²) in [6.07, 6.45) is 4.72. The molecule has 0 aliphatic rings. The number of aromatic nitrogens is 3. The summed E-state index contributed by atoms with van der Waals surface area (Å²) < 4.78 is 0. The maximum absolute atomic E-state index is 4.66. The molecule has 0 amide bonds. The first-order valence-electron chi connectivity index (χ1n) is 7.72. The van der Waals surface area contributed by atoms with Gasteiger partial charge in [-0.25, -0.2) is 4.98 Å². The molecular weight excluding hydrogens is 272 g/mol. The summed E-state index contributed by atoms with van der Waals surface area (Å²) >= 11 is 0. The number of fused-ring (bicyclic) bond motifs is 1. The molecule has 0 radical (unpaired) electrons. The van der Waals surface area contributed by atoms with E-state index in [0.717, 1.165) is 31.0 Å². The number of H-pyrrole nitrogens is 1. The van der Waals surface area contributed by atoms with Gasteiger partial charge in [0.05, 0.1) is 5.69 Å². The van der Waals surface area contributed by atoms with Crippen molar-refractivity contribution in [3.63, 3.8) is 0 Å². The fraction of sp³-hybridized carbons (Fsp3) is 0.333. The molecule has 0 saturated heterocycles. The highest BCUT2D eigenvalue weighted by Crippen LogP contribution is 2.19. The number of hydrogen-bond acceptors (Lipinski definition) is 3. The number of imidazole rings is 1. The first-order chi connectivity index (χ1) is 10.7. The zero-order chi connectivity index (χ0) is 15.5. The number of nitrogens with zero attached hydrogens (tertiary/aromatic N) is 3. The van der Waals surface area contributed by atoms with E-state index in [-0.39, 0.29) is 0 Å². The Hall–Kier alpha value is -2.20. The molecule has 22 heavy (non-hydrogen) atoms. The molecule has 0 spiro atoms. The van der Waals surface area contributed by atoms with Crippen molar-refractivity contribution in [3.05, 3.63) is 59.4 Å². The molecule has 0 aliphatic carbocycles. The molecule has 114 valence electrons. The molecular formula is C18H22N4. The Bertz CT molecular complexity index is 770. The van der Waals surface area contributed by atoms with Gasteiger partial charge in [-0.15, -0.1) is 0 Å². The van der Waals surface area contributed by atoms with Gasteiger partial charge in [0.25, 0.3) is 0 Å². The van der Waals surface area contributed by atoms with Crippen LogP contribution in [-0.4, -0.2) is 26.9 Å². The molecule has 2 aromatic heterocycles. The molecule has 2 heterocycles. The second-order valence-corrected chi connectivity index (χ2v) is 5.79. The number of benzene rings is 1. The SMILES string of the molecule is CCc1nc(CN(C)Cc2cccc3cnccc23)c(C)[nH]1. The van der Waals surface area contributed by atoms with Crippen molar-refractivity contribution in [2.24, 2.45) is 0 Å². The molecule has 0 aliphatic heterocycles. The lowest BCUT2D eigenvalue weighted by atomic mass is 10.1.